The van der Waals surface area contributed by atoms with Crippen molar-refractivity contribution in [3.05, 3.63) is 82.6 Å². The Bertz CT molecular complexity index is 1750. The zero-order chi connectivity index (χ0) is 29.6. The van der Waals surface area contributed by atoms with Crippen LogP contribution in [0.2, 0.25) is 0 Å². The summed E-state index contributed by atoms with van der Waals surface area (Å²) in [6.07, 6.45) is 2.90. The highest BCUT2D eigenvalue weighted by molar-refractivity contribution is 5.91. The molecule has 1 aliphatic rings. The number of rotatable bonds is 5. The van der Waals surface area contributed by atoms with Crippen LogP contribution in [0.25, 0.3) is 28.0 Å². The maximum absolute atomic E-state index is 15.8. The van der Waals surface area contributed by atoms with Gasteiger partial charge in [0.15, 0.2) is 23.0 Å². The molecular formula is C30H30F2N6O3. The van der Waals surface area contributed by atoms with Gasteiger partial charge in [0.1, 0.15) is 11.5 Å². The second kappa shape index (κ2) is 10.7. The van der Waals surface area contributed by atoms with Gasteiger partial charge in [-0.3, -0.25) is 9.78 Å². The molecule has 212 valence electrons. The van der Waals surface area contributed by atoms with E-state index in [1.165, 1.54) is 28.8 Å². The van der Waals surface area contributed by atoms with E-state index >= 15 is 4.39 Å². The molecule has 5 rings (SSSR count). The van der Waals surface area contributed by atoms with Gasteiger partial charge in [-0.25, -0.2) is 23.1 Å². The van der Waals surface area contributed by atoms with Crippen LogP contribution in [0.4, 0.5) is 14.6 Å². The van der Waals surface area contributed by atoms with E-state index in [4.69, 9.17) is 0 Å². The molecule has 0 unspecified atom stereocenters. The van der Waals surface area contributed by atoms with E-state index in [-0.39, 0.29) is 46.0 Å². The first-order valence-electron chi connectivity index (χ1n) is 13.3. The van der Waals surface area contributed by atoms with Gasteiger partial charge >= 0.3 is 5.69 Å². The quantitative estimate of drug-likeness (QED) is 0.359. The molecule has 1 N–H and O–H groups in total. The van der Waals surface area contributed by atoms with Crippen molar-refractivity contribution in [3.8, 4) is 22.7 Å². The zero-order valence-corrected chi connectivity index (χ0v) is 23.2. The average molecular weight is 561 g/mol. The highest BCUT2D eigenvalue weighted by Crippen LogP contribution is 2.36. The molecule has 41 heavy (non-hydrogen) atoms. The number of phenols is 1. The first-order chi connectivity index (χ1) is 19.5. The Kier molecular flexibility index (Phi) is 7.29. The Morgan fingerprint density at radius 3 is 2.61 bits per heavy atom. The summed E-state index contributed by atoms with van der Waals surface area (Å²) in [5.74, 6) is -2.57. The number of piperazine rings is 1. The van der Waals surface area contributed by atoms with Crippen LogP contribution in [0.15, 0.2) is 54.0 Å². The third kappa shape index (κ3) is 4.81. The molecular weight excluding hydrogens is 530 g/mol. The average Bonchev–Trinajstić information content (AvgIpc) is 2.94. The lowest BCUT2D eigenvalue weighted by Crippen LogP contribution is -2.54. The molecule has 1 aromatic carbocycles. The number of hydrogen-bond acceptors (Lipinski definition) is 7. The van der Waals surface area contributed by atoms with Crippen molar-refractivity contribution in [2.75, 3.05) is 24.5 Å². The molecule has 1 fully saturated rings. The Balaban J connectivity index is 1.82. The summed E-state index contributed by atoms with van der Waals surface area (Å²) >= 11 is 0. The van der Waals surface area contributed by atoms with Crippen molar-refractivity contribution in [2.24, 2.45) is 0 Å². The standard InChI is InChI=1S/C30H30F2N6O3/c1-6-23(39)36-12-13-37(18(5)15-36)28-20-14-22(32)25(19-8-7-9-21(31)27(19)40)34-29(20)38(30(41)35-28)26-17(4)10-11-33-24(26)16(2)3/h6-11,14,16,18,40H,1,12-13,15H2,2-5H3/t18-/m0/s1. The number of nitrogens with zero attached hydrogens (tertiary/aromatic N) is 6. The highest BCUT2D eigenvalue weighted by atomic mass is 19.1. The monoisotopic (exact) mass is 560 g/mol. The molecule has 0 bridgehead atoms. The van der Waals surface area contributed by atoms with Crippen molar-refractivity contribution in [1.82, 2.24) is 24.4 Å². The van der Waals surface area contributed by atoms with E-state index in [0.717, 1.165) is 11.6 Å². The number of pyridine rings is 2. The van der Waals surface area contributed by atoms with E-state index in [9.17, 15) is 19.1 Å². The van der Waals surface area contributed by atoms with Crippen molar-refractivity contribution < 1.29 is 18.7 Å². The van der Waals surface area contributed by atoms with E-state index in [1.807, 2.05) is 32.6 Å². The number of carbonyl (C=O) groups is 1. The normalized spacial score (nSPS) is 15.5. The maximum atomic E-state index is 15.8. The minimum atomic E-state index is -0.928. The largest absolute Gasteiger partial charge is 0.504 e. The number of phenolic OH excluding ortho intramolecular Hbond substituents is 1. The number of benzene rings is 1. The summed E-state index contributed by atoms with van der Waals surface area (Å²) in [5.41, 5.74) is 0.771. The van der Waals surface area contributed by atoms with Gasteiger partial charge in [-0.05, 0) is 55.7 Å². The van der Waals surface area contributed by atoms with Crippen molar-refractivity contribution >= 4 is 22.8 Å². The number of carbonyl (C=O) groups excluding carboxylic acids is 1. The van der Waals surface area contributed by atoms with Gasteiger partial charge in [-0.15, -0.1) is 0 Å². The fraction of sp³-hybridized carbons (Fsp3) is 0.300. The number of anilines is 1. The summed E-state index contributed by atoms with van der Waals surface area (Å²) in [7, 11) is 0. The first-order valence-corrected chi connectivity index (χ1v) is 13.3. The van der Waals surface area contributed by atoms with Crippen LogP contribution in [-0.2, 0) is 4.79 Å². The van der Waals surface area contributed by atoms with Crippen LogP contribution in [-0.4, -0.2) is 61.1 Å². The van der Waals surface area contributed by atoms with Crippen LogP contribution in [0.1, 0.15) is 37.9 Å². The lowest BCUT2D eigenvalue weighted by atomic mass is 10.0. The van der Waals surface area contributed by atoms with E-state index in [1.54, 1.807) is 17.2 Å². The summed E-state index contributed by atoms with van der Waals surface area (Å²) in [6, 6.07) is 6.45. The van der Waals surface area contributed by atoms with Gasteiger partial charge in [0, 0.05) is 37.4 Å². The number of halogens is 2. The molecule has 0 saturated carbocycles. The van der Waals surface area contributed by atoms with Crippen LogP contribution in [0, 0.1) is 18.6 Å². The lowest BCUT2D eigenvalue weighted by molar-refractivity contribution is -0.126. The van der Waals surface area contributed by atoms with Gasteiger partial charge in [0.2, 0.25) is 5.91 Å². The van der Waals surface area contributed by atoms with Gasteiger partial charge in [0.05, 0.1) is 16.8 Å². The summed E-state index contributed by atoms with van der Waals surface area (Å²) in [4.78, 5) is 43.1. The number of fused-ring (bicyclic) bond motifs is 1. The zero-order valence-electron chi connectivity index (χ0n) is 23.2. The Morgan fingerprint density at radius 1 is 1.17 bits per heavy atom. The maximum Gasteiger partial charge on any atom is 0.355 e. The van der Waals surface area contributed by atoms with E-state index in [0.29, 0.717) is 31.0 Å². The van der Waals surface area contributed by atoms with Crippen LogP contribution in [0.5, 0.6) is 5.75 Å². The minimum Gasteiger partial charge on any atom is -0.504 e. The molecule has 1 atom stereocenters. The predicted octanol–water partition coefficient (Wildman–Crippen LogP) is 4.48. The molecule has 9 nitrogen and oxygen atoms in total. The van der Waals surface area contributed by atoms with E-state index < -0.39 is 23.1 Å². The number of aromatic hydroxyl groups is 1. The van der Waals surface area contributed by atoms with Crippen molar-refractivity contribution in [1.29, 1.82) is 0 Å². The van der Waals surface area contributed by atoms with Crippen LogP contribution in [0.3, 0.4) is 0 Å². The smallest absolute Gasteiger partial charge is 0.355 e. The SMILES string of the molecule is C=CC(=O)N1CCN(c2nc(=O)n(-c3c(C)ccnc3C(C)C)c3nc(-c4cccc(F)c4O)c(F)cc23)[C@@H](C)C1. The van der Waals surface area contributed by atoms with Crippen LogP contribution >= 0.6 is 0 Å². The number of amides is 1. The van der Waals surface area contributed by atoms with Crippen molar-refractivity contribution in [2.45, 2.75) is 39.7 Å². The molecule has 3 aromatic heterocycles. The number of hydrogen-bond donors (Lipinski definition) is 1. The van der Waals surface area contributed by atoms with Gasteiger partial charge in [-0.2, -0.15) is 4.98 Å². The topological polar surface area (TPSA) is 104 Å². The first kappa shape index (κ1) is 27.9. The Morgan fingerprint density at radius 2 is 1.93 bits per heavy atom. The minimum absolute atomic E-state index is 0.0748. The molecule has 11 heteroatoms. The molecule has 4 heterocycles. The van der Waals surface area contributed by atoms with Crippen LogP contribution < -0.4 is 10.6 Å². The number of aryl methyl sites for hydroxylation is 1. The second-order valence-electron chi connectivity index (χ2n) is 10.4. The highest BCUT2D eigenvalue weighted by Gasteiger charge is 2.31. The summed E-state index contributed by atoms with van der Waals surface area (Å²) in [5, 5.41) is 10.7. The molecule has 1 saturated heterocycles. The fourth-order valence-electron chi connectivity index (χ4n) is 5.31. The Hall–Kier alpha value is -4.67. The van der Waals surface area contributed by atoms with Crippen molar-refractivity contribution in [3.63, 3.8) is 0 Å². The third-order valence-corrected chi connectivity index (χ3v) is 7.35. The molecule has 0 radical (unpaired) electrons. The summed E-state index contributed by atoms with van der Waals surface area (Å²) in [6.45, 7) is 12.2. The predicted molar refractivity (Wildman–Crippen MR) is 152 cm³/mol. The van der Waals surface area contributed by atoms with E-state index in [2.05, 4.69) is 21.5 Å². The summed E-state index contributed by atoms with van der Waals surface area (Å²) < 4.78 is 31.4. The lowest BCUT2D eigenvalue weighted by Gasteiger charge is -2.40. The molecule has 1 amide bonds. The fourth-order valence-corrected chi connectivity index (χ4v) is 5.31. The number of para-hydroxylation sites is 1. The Labute approximate surface area is 235 Å². The molecule has 0 aliphatic carbocycles. The number of aromatic nitrogens is 4. The van der Waals surface area contributed by atoms with Gasteiger partial charge < -0.3 is 14.9 Å². The third-order valence-electron chi connectivity index (χ3n) is 7.35. The molecule has 4 aromatic rings. The second-order valence-corrected chi connectivity index (χ2v) is 10.4. The molecule has 0 spiro atoms. The molecule has 1 aliphatic heterocycles. The van der Waals surface area contributed by atoms with Gasteiger partial charge in [0.25, 0.3) is 0 Å². The van der Waals surface area contributed by atoms with Gasteiger partial charge in [-0.1, -0.05) is 26.5 Å².